The summed E-state index contributed by atoms with van der Waals surface area (Å²) in [7, 11) is 1.58. The highest BCUT2D eigenvalue weighted by molar-refractivity contribution is 8.00. The van der Waals surface area contributed by atoms with Crippen LogP contribution in [0.3, 0.4) is 0 Å². The van der Waals surface area contributed by atoms with Crippen LogP contribution in [0.25, 0.3) is 0 Å². The molecule has 5 rings (SSSR count). The summed E-state index contributed by atoms with van der Waals surface area (Å²) >= 11 is 1.53. The predicted octanol–water partition coefficient (Wildman–Crippen LogP) is 2.74. The Balaban J connectivity index is 1.29. The maximum Gasteiger partial charge on any atom is 0.329 e. The zero-order chi connectivity index (χ0) is 25.9. The quantitative estimate of drug-likeness (QED) is 0.420. The van der Waals surface area contributed by atoms with Crippen LogP contribution in [0.5, 0.6) is 5.75 Å². The molecule has 0 radical (unpaired) electrons. The van der Waals surface area contributed by atoms with Gasteiger partial charge in [-0.1, -0.05) is 42.5 Å². The molecule has 3 aliphatic rings. The summed E-state index contributed by atoms with van der Waals surface area (Å²) in [6.45, 7) is 0.0573. The van der Waals surface area contributed by atoms with Gasteiger partial charge in [-0.05, 0) is 36.1 Å². The van der Waals surface area contributed by atoms with E-state index in [0.717, 1.165) is 24.0 Å². The Kier molecular flexibility index (Phi) is 7.50. The number of hydrogen-bond donors (Lipinski definition) is 1. The molecule has 3 fully saturated rings. The van der Waals surface area contributed by atoms with Gasteiger partial charge in [-0.3, -0.25) is 14.4 Å². The van der Waals surface area contributed by atoms with Crippen molar-refractivity contribution in [3.8, 4) is 5.75 Å². The topological polar surface area (TPSA) is 102 Å². The Hall–Kier alpha value is -3.33. The number of rotatable bonds is 8. The van der Waals surface area contributed by atoms with Crippen molar-refractivity contribution in [2.75, 3.05) is 12.9 Å². The molecule has 0 spiro atoms. The third kappa shape index (κ3) is 5.23. The number of fused-ring (bicyclic) bond motifs is 1. The van der Waals surface area contributed by atoms with Gasteiger partial charge in [0.2, 0.25) is 11.8 Å². The van der Waals surface area contributed by atoms with Crippen LogP contribution in [0.15, 0.2) is 54.6 Å². The molecule has 2 aromatic carbocycles. The van der Waals surface area contributed by atoms with Crippen molar-refractivity contribution in [3.63, 3.8) is 0 Å². The molecule has 2 heterocycles. The Bertz CT molecular complexity index is 1170. The zero-order valence-electron chi connectivity index (χ0n) is 20.6. The summed E-state index contributed by atoms with van der Waals surface area (Å²) in [5.41, 5.74) is 1.66. The van der Waals surface area contributed by atoms with E-state index in [-0.39, 0.29) is 47.8 Å². The predicted molar refractivity (Wildman–Crippen MR) is 138 cm³/mol. The highest BCUT2D eigenvalue weighted by Crippen LogP contribution is 2.46. The van der Waals surface area contributed by atoms with Crippen molar-refractivity contribution in [1.29, 1.82) is 0 Å². The molecule has 1 saturated carbocycles. The smallest absolute Gasteiger partial charge is 0.329 e. The first-order valence-electron chi connectivity index (χ1n) is 12.6. The minimum absolute atomic E-state index is 0.0573. The lowest BCUT2D eigenvalue weighted by molar-refractivity contribution is -0.170. The number of Topliss-reactive ketones (excluding diaryl/α,β-unsaturated/α-hetero) is 1. The lowest BCUT2D eigenvalue weighted by Crippen LogP contribution is -2.76. The van der Waals surface area contributed by atoms with Gasteiger partial charge < -0.3 is 19.7 Å². The number of methoxy groups -OCH3 is 1. The Morgan fingerprint density at radius 1 is 1.05 bits per heavy atom. The van der Waals surface area contributed by atoms with Gasteiger partial charge in [-0.2, -0.15) is 0 Å². The summed E-state index contributed by atoms with van der Waals surface area (Å²) in [5, 5.41) is 2.49. The van der Waals surface area contributed by atoms with Crippen LogP contribution >= 0.6 is 11.8 Å². The van der Waals surface area contributed by atoms with Crippen LogP contribution in [0.1, 0.15) is 30.4 Å². The van der Waals surface area contributed by atoms with Gasteiger partial charge in [0.15, 0.2) is 0 Å². The average molecular weight is 523 g/mol. The number of nitrogens with zero attached hydrogens (tertiary/aromatic N) is 1. The van der Waals surface area contributed by atoms with Crippen molar-refractivity contribution < 1.29 is 28.7 Å². The van der Waals surface area contributed by atoms with Gasteiger partial charge in [0.1, 0.15) is 35.6 Å². The van der Waals surface area contributed by atoms with E-state index in [2.05, 4.69) is 5.32 Å². The third-order valence-corrected chi connectivity index (χ3v) is 8.84. The SMILES string of the molecule is COc1ccc(COC(=O)C2C(C3CCCC3=O)CS[C@@H]3[C@H](NC(=O)Cc4ccccc4)C(=O)N23)cc1. The number of hydrogen-bond acceptors (Lipinski definition) is 7. The van der Waals surface area contributed by atoms with Gasteiger partial charge in [-0.15, -0.1) is 11.8 Å². The Labute approximate surface area is 220 Å². The fraction of sp³-hybridized carbons (Fsp3) is 0.429. The third-order valence-electron chi connectivity index (χ3n) is 7.42. The zero-order valence-corrected chi connectivity index (χ0v) is 21.4. The van der Waals surface area contributed by atoms with Crippen LogP contribution in [0.2, 0.25) is 0 Å². The van der Waals surface area contributed by atoms with E-state index in [9.17, 15) is 19.2 Å². The Morgan fingerprint density at radius 3 is 2.49 bits per heavy atom. The molecule has 3 unspecified atom stereocenters. The van der Waals surface area contributed by atoms with Gasteiger partial charge in [0.05, 0.1) is 13.5 Å². The number of ketones is 1. The average Bonchev–Trinajstić information content (AvgIpc) is 3.35. The molecule has 0 bridgehead atoms. The molecular formula is C28H30N2O6S. The van der Waals surface area contributed by atoms with Gasteiger partial charge in [0, 0.05) is 24.0 Å². The largest absolute Gasteiger partial charge is 0.497 e. The Morgan fingerprint density at radius 2 is 1.81 bits per heavy atom. The number of carbonyl (C=O) groups is 4. The number of carbonyl (C=O) groups excluding carboxylic acids is 4. The van der Waals surface area contributed by atoms with E-state index in [0.29, 0.717) is 17.9 Å². The van der Waals surface area contributed by atoms with Crippen LogP contribution in [-0.2, 0) is 36.9 Å². The highest BCUT2D eigenvalue weighted by atomic mass is 32.2. The lowest BCUT2D eigenvalue weighted by Gasteiger charge is -2.55. The van der Waals surface area contributed by atoms with Crippen LogP contribution in [-0.4, -0.2) is 58.8 Å². The lowest BCUT2D eigenvalue weighted by atomic mass is 9.82. The summed E-state index contributed by atoms with van der Waals surface area (Å²) in [6.07, 6.45) is 2.20. The minimum Gasteiger partial charge on any atom is -0.497 e. The molecule has 5 atom stereocenters. The van der Waals surface area contributed by atoms with Crippen molar-refractivity contribution >= 4 is 35.3 Å². The molecule has 2 amide bonds. The molecule has 194 valence electrons. The van der Waals surface area contributed by atoms with Crippen molar-refractivity contribution in [3.05, 3.63) is 65.7 Å². The molecule has 37 heavy (non-hydrogen) atoms. The summed E-state index contributed by atoms with van der Waals surface area (Å²) in [6, 6.07) is 15.0. The number of nitrogens with one attached hydrogen (secondary N) is 1. The number of β-lactam (4-membered cyclic amide) rings is 1. The van der Waals surface area contributed by atoms with E-state index in [1.807, 2.05) is 42.5 Å². The highest BCUT2D eigenvalue weighted by Gasteiger charge is 2.60. The number of thioether (sulfide) groups is 1. The number of esters is 1. The van der Waals surface area contributed by atoms with Crippen LogP contribution in [0.4, 0.5) is 0 Å². The summed E-state index contributed by atoms with van der Waals surface area (Å²) < 4.78 is 10.9. The molecular weight excluding hydrogens is 492 g/mol. The van der Waals surface area contributed by atoms with Crippen molar-refractivity contribution in [2.45, 2.75) is 49.7 Å². The standard InChI is InChI=1S/C28H30N2O6S/c1-35-19-12-10-18(11-13-19)15-36-28(34)25-21(20-8-5-9-22(20)31)16-37-27-24(26(33)30(25)27)29-23(32)14-17-6-3-2-4-7-17/h2-4,6-7,10-13,20-21,24-25,27H,5,8-9,14-16H2,1H3,(H,29,32)/t20?,21?,24-,25?,27-/m1/s1. The second-order valence-electron chi connectivity index (χ2n) is 9.71. The second kappa shape index (κ2) is 11.0. The fourth-order valence-electron chi connectivity index (χ4n) is 5.49. The van der Waals surface area contributed by atoms with Crippen molar-refractivity contribution in [1.82, 2.24) is 10.2 Å². The molecule has 1 N–H and O–H groups in total. The first-order chi connectivity index (χ1) is 18.0. The molecule has 1 aliphatic carbocycles. The molecule has 2 saturated heterocycles. The van der Waals surface area contributed by atoms with Gasteiger partial charge in [-0.25, -0.2) is 4.79 Å². The second-order valence-corrected chi connectivity index (χ2v) is 10.9. The first kappa shape index (κ1) is 25.3. The number of amides is 2. The number of ether oxygens (including phenoxy) is 2. The molecule has 2 aromatic rings. The van der Waals surface area contributed by atoms with E-state index < -0.39 is 18.1 Å². The van der Waals surface area contributed by atoms with E-state index in [4.69, 9.17) is 9.47 Å². The minimum atomic E-state index is -0.841. The van der Waals surface area contributed by atoms with E-state index in [1.165, 1.54) is 16.7 Å². The summed E-state index contributed by atoms with van der Waals surface area (Å²) in [4.78, 5) is 53.5. The normalized spacial score (nSPS) is 26.7. The van der Waals surface area contributed by atoms with Crippen LogP contribution < -0.4 is 10.1 Å². The van der Waals surface area contributed by atoms with E-state index in [1.54, 1.807) is 19.2 Å². The number of benzene rings is 2. The van der Waals surface area contributed by atoms with Crippen LogP contribution in [0, 0.1) is 11.8 Å². The van der Waals surface area contributed by atoms with E-state index >= 15 is 0 Å². The molecule has 0 aromatic heterocycles. The summed E-state index contributed by atoms with van der Waals surface area (Å²) in [5.74, 6) is -0.203. The maximum absolute atomic E-state index is 13.4. The van der Waals surface area contributed by atoms with Gasteiger partial charge in [0.25, 0.3) is 0 Å². The molecule has 8 nitrogen and oxygen atoms in total. The van der Waals surface area contributed by atoms with Crippen molar-refractivity contribution in [2.24, 2.45) is 11.8 Å². The molecule has 2 aliphatic heterocycles. The van der Waals surface area contributed by atoms with Gasteiger partial charge >= 0.3 is 5.97 Å². The monoisotopic (exact) mass is 522 g/mol. The molecule has 9 heteroatoms. The fourth-order valence-corrected chi connectivity index (χ4v) is 7.09. The first-order valence-corrected chi connectivity index (χ1v) is 13.6. The maximum atomic E-state index is 13.4.